The van der Waals surface area contributed by atoms with E-state index in [9.17, 15) is 4.79 Å². The van der Waals surface area contributed by atoms with E-state index in [4.69, 9.17) is 9.47 Å². The molecule has 2 heterocycles. The van der Waals surface area contributed by atoms with E-state index < -0.39 is 0 Å². The van der Waals surface area contributed by atoms with Gasteiger partial charge in [0.05, 0.1) is 36.6 Å². The molecule has 6 heteroatoms. The van der Waals surface area contributed by atoms with Gasteiger partial charge in [-0.25, -0.2) is 4.79 Å². The van der Waals surface area contributed by atoms with Crippen molar-refractivity contribution in [1.82, 2.24) is 0 Å². The Labute approximate surface area is 178 Å². The number of nitrogens with zero attached hydrogens (tertiary/aromatic N) is 1. The molecule has 4 nitrogen and oxygen atoms in total. The zero-order valence-corrected chi connectivity index (χ0v) is 17.7. The SMILES string of the molecule is COC(=O)c1cccc2c1-c1cccc3c1c(c1ccc(OC)cc1[n+]3C)S2.[Cl-]. The lowest BCUT2D eigenvalue weighted by atomic mass is 9.94. The molecule has 0 aliphatic carbocycles. The highest BCUT2D eigenvalue weighted by Crippen LogP contribution is 2.50. The Hall–Kier alpha value is -2.76. The number of halogens is 1. The molecule has 146 valence electrons. The third-order valence-corrected chi connectivity index (χ3v) is 6.54. The molecular weight excluding hydrogens is 406 g/mol. The predicted octanol–water partition coefficient (Wildman–Crippen LogP) is 1.75. The lowest BCUT2D eigenvalue weighted by Crippen LogP contribution is -3.00. The second-order valence-corrected chi connectivity index (χ2v) is 7.80. The molecule has 0 bridgehead atoms. The van der Waals surface area contributed by atoms with Crippen molar-refractivity contribution in [3.63, 3.8) is 0 Å². The number of benzene rings is 3. The van der Waals surface area contributed by atoms with E-state index in [0.717, 1.165) is 38.2 Å². The minimum absolute atomic E-state index is 0. The molecule has 1 aliphatic heterocycles. The number of esters is 1. The molecule has 4 aromatic rings. The minimum Gasteiger partial charge on any atom is -1.00 e. The van der Waals surface area contributed by atoms with E-state index in [2.05, 4.69) is 41.9 Å². The van der Waals surface area contributed by atoms with Crippen LogP contribution in [0, 0.1) is 0 Å². The Morgan fingerprint density at radius 3 is 2.55 bits per heavy atom. The third kappa shape index (κ3) is 2.76. The van der Waals surface area contributed by atoms with Crippen molar-refractivity contribution in [1.29, 1.82) is 0 Å². The maximum atomic E-state index is 12.4. The van der Waals surface area contributed by atoms with E-state index in [1.165, 1.54) is 17.4 Å². The molecule has 0 unspecified atom stereocenters. The van der Waals surface area contributed by atoms with Crippen molar-refractivity contribution in [2.45, 2.75) is 9.79 Å². The maximum Gasteiger partial charge on any atom is 0.338 e. The minimum atomic E-state index is -0.312. The van der Waals surface area contributed by atoms with Crippen LogP contribution in [0.2, 0.25) is 0 Å². The van der Waals surface area contributed by atoms with E-state index in [1.807, 2.05) is 24.3 Å². The van der Waals surface area contributed by atoms with Gasteiger partial charge in [0.2, 0.25) is 11.0 Å². The lowest BCUT2D eigenvalue weighted by molar-refractivity contribution is -0.617. The Balaban J connectivity index is 0.00000205. The van der Waals surface area contributed by atoms with Crippen LogP contribution in [0.4, 0.5) is 0 Å². The highest BCUT2D eigenvalue weighted by atomic mass is 35.5. The summed E-state index contributed by atoms with van der Waals surface area (Å²) >= 11 is 1.71. The monoisotopic (exact) mass is 423 g/mol. The molecule has 0 saturated heterocycles. The van der Waals surface area contributed by atoms with Crippen LogP contribution in [0.5, 0.6) is 5.75 Å². The molecular formula is C23H18ClNO3S. The number of hydrogen-bond donors (Lipinski definition) is 0. The van der Waals surface area contributed by atoms with E-state index in [-0.39, 0.29) is 18.4 Å². The summed E-state index contributed by atoms with van der Waals surface area (Å²) in [5.41, 5.74) is 4.84. The van der Waals surface area contributed by atoms with Gasteiger partial charge in [0.1, 0.15) is 12.8 Å². The van der Waals surface area contributed by atoms with Gasteiger partial charge in [0.15, 0.2) is 0 Å². The molecule has 0 radical (unpaired) electrons. The van der Waals surface area contributed by atoms with Crippen molar-refractivity contribution in [3.8, 4) is 16.9 Å². The smallest absolute Gasteiger partial charge is 0.338 e. The van der Waals surface area contributed by atoms with E-state index in [1.54, 1.807) is 18.9 Å². The number of hydrogen-bond acceptors (Lipinski definition) is 4. The first kappa shape index (κ1) is 19.6. The second-order valence-electron chi connectivity index (χ2n) is 6.74. The largest absolute Gasteiger partial charge is 1.00 e. The summed E-state index contributed by atoms with van der Waals surface area (Å²) in [6.07, 6.45) is 0. The van der Waals surface area contributed by atoms with Crippen LogP contribution < -0.4 is 21.7 Å². The number of aromatic nitrogens is 1. The fraction of sp³-hybridized carbons (Fsp3) is 0.130. The van der Waals surface area contributed by atoms with Gasteiger partial charge in [0.25, 0.3) is 0 Å². The molecule has 0 fully saturated rings. The van der Waals surface area contributed by atoms with Gasteiger partial charge >= 0.3 is 5.97 Å². The Kier molecular flexibility index (Phi) is 4.89. The van der Waals surface area contributed by atoms with Crippen molar-refractivity contribution < 1.29 is 31.2 Å². The first-order valence-electron chi connectivity index (χ1n) is 8.96. The zero-order valence-electron chi connectivity index (χ0n) is 16.2. The average molecular weight is 424 g/mol. The molecule has 3 aromatic carbocycles. The van der Waals surface area contributed by atoms with Crippen LogP contribution in [-0.4, -0.2) is 20.2 Å². The van der Waals surface area contributed by atoms with Crippen LogP contribution in [0.25, 0.3) is 32.9 Å². The quantitative estimate of drug-likeness (QED) is 0.246. The van der Waals surface area contributed by atoms with Gasteiger partial charge in [-0.1, -0.05) is 30.0 Å². The average Bonchev–Trinajstić information content (AvgIpc) is 2.75. The van der Waals surface area contributed by atoms with Crippen LogP contribution in [0.15, 0.2) is 64.4 Å². The normalized spacial score (nSPS) is 11.7. The fourth-order valence-electron chi connectivity index (χ4n) is 4.03. The Morgan fingerprint density at radius 1 is 1.00 bits per heavy atom. The summed E-state index contributed by atoms with van der Waals surface area (Å²) in [5.74, 6) is 0.521. The standard InChI is InChI=1S/C23H18NO3S.ClH/c1-24-17-8-4-6-15-20-16(23(25)27-3)7-5-9-19(20)28-22(21(15)17)14-11-10-13(26-2)12-18(14)24;/h4-12H,1-3H3;1H/q+1;/p-1. The molecule has 0 saturated carbocycles. The first-order chi connectivity index (χ1) is 13.6. The Bertz CT molecular complexity index is 1300. The molecule has 29 heavy (non-hydrogen) atoms. The summed E-state index contributed by atoms with van der Waals surface area (Å²) < 4.78 is 12.7. The summed E-state index contributed by atoms with van der Waals surface area (Å²) in [6.45, 7) is 0. The number of aryl methyl sites for hydroxylation is 1. The number of pyridine rings is 1. The topological polar surface area (TPSA) is 39.4 Å². The molecule has 1 aliphatic rings. The van der Waals surface area contributed by atoms with E-state index >= 15 is 0 Å². The van der Waals surface area contributed by atoms with Crippen LogP contribution in [0.1, 0.15) is 10.4 Å². The number of ether oxygens (including phenoxy) is 2. The third-order valence-electron chi connectivity index (χ3n) is 5.35. The van der Waals surface area contributed by atoms with Gasteiger partial charge < -0.3 is 21.9 Å². The van der Waals surface area contributed by atoms with Gasteiger partial charge in [-0.15, -0.1) is 0 Å². The van der Waals surface area contributed by atoms with Crippen LogP contribution >= 0.6 is 11.8 Å². The summed E-state index contributed by atoms with van der Waals surface area (Å²) in [7, 11) is 5.17. The van der Waals surface area contributed by atoms with Crippen molar-refractivity contribution >= 4 is 39.5 Å². The second kappa shape index (κ2) is 7.25. The van der Waals surface area contributed by atoms with Gasteiger partial charge in [-0.2, -0.15) is 4.57 Å². The summed E-state index contributed by atoms with van der Waals surface area (Å²) in [4.78, 5) is 14.7. The number of fused-ring (bicyclic) bond motifs is 4. The molecule has 0 spiro atoms. The number of methoxy groups -OCH3 is 2. The van der Waals surface area contributed by atoms with Crippen molar-refractivity contribution in [2.75, 3.05) is 14.2 Å². The number of rotatable bonds is 2. The molecule has 5 rings (SSSR count). The van der Waals surface area contributed by atoms with Gasteiger partial charge in [-0.3, -0.25) is 0 Å². The summed E-state index contributed by atoms with van der Waals surface area (Å²) in [5, 5.41) is 2.33. The molecule has 1 aromatic heterocycles. The number of carbonyl (C=O) groups excluding carboxylic acids is 1. The highest BCUT2D eigenvalue weighted by Gasteiger charge is 2.29. The Morgan fingerprint density at radius 2 is 1.79 bits per heavy atom. The highest BCUT2D eigenvalue weighted by molar-refractivity contribution is 8.00. The van der Waals surface area contributed by atoms with Crippen molar-refractivity contribution in [2.24, 2.45) is 7.05 Å². The summed E-state index contributed by atoms with van der Waals surface area (Å²) in [6, 6.07) is 18.2. The van der Waals surface area contributed by atoms with Gasteiger partial charge in [0, 0.05) is 21.4 Å². The lowest BCUT2D eigenvalue weighted by Gasteiger charge is -2.22. The molecule has 0 N–H and O–H groups in total. The molecule has 0 atom stereocenters. The van der Waals surface area contributed by atoms with Crippen LogP contribution in [0.3, 0.4) is 0 Å². The van der Waals surface area contributed by atoms with Crippen molar-refractivity contribution in [3.05, 3.63) is 60.2 Å². The van der Waals surface area contributed by atoms with Crippen LogP contribution in [-0.2, 0) is 11.8 Å². The van der Waals surface area contributed by atoms with E-state index in [0.29, 0.717) is 5.56 Å². The fourth-order valence-corrected chi connectivity index (χ4v) is 5.32. The zero-order chi connectivity index (χ0) is 19.4. The number of carbonyl (C=O) groups is 1. The predicted molar refractivity (Wildman–Crippen MR) is 110 cm³/mol. The molecule has 0 amide bonds. The first-order valence-corrected chi connectivity index (χ1v) is 9.77. The maximum absolute atomic E-state index is 12.4. The van der Waals surface area contributed by atoms with Gasteiger partial charge in [-0.05, 0) is 29.8 Å².